The van der Waals surface area contributed by atoms with E-state index in [1.54, 1.807) is 10.6 Å². The summed E-state index contributed by atoms with van der Waals surface area (Å²) in [5.41, 5.74) is 2.17. The second kappa shape index (κ2) is 3.26. The van der Waals surface area contributed by atoms with Gasteiger partial charge in [-0.2, -0.15) is 0 Å². The van der Waals surface area contributed by atoms with Gasteiger partial charge in [0, 0.05) is 25.4 Å². The van der Waals surface area contributed by atoms with E-state index in [9.17, 15) is 4.79 Å². The van der Waals surface area contributed by atoms with Crippen molar-refractivity contribution >= 4 is 11.6 Å². The first kappa shape index (κ1) is 8.77. The van der Waals surface area contributed by atoms with Gasteiger partial charge < -0.3 is 4.90 Å². The first-order valence-electron chi connectivity index (χ1n) is 5.55. The third-order valence-corrected chi connectivity index (χ3v) is 3.21. The van der Waals surface area contributed by atoms with Gasteiger partial charge in [-0.1, -0.05) is 0 Å². The molecule has 0 radical (unpaired) electrons. The van der Waals surface area contributed by atoms with E-state index in [1.807, 2.05) is 18.3 Å². The summed E-state index contributed by atoms with van der Waals surface area (Å²) in [6, 6.07) is 3.95. The normalized spacial score (nSPS) is 20.4. The average Bonchev–Trinajstić information content (AvgIpc) is 2.84. The molecule has 3 rings (SSSR count). The van der Waals surface area contributed by atoms with Crippen molar-refractivity contribution in [2.75, 3.05) is 13.1 Å². The van der Waals surface area contributed by atoms with Crippen LogP contribution in [-0.2, 0) is 0 Å². The van der Waals surface area contributed by atoms with Crippen LogP contribution in [0.2, 0.25) is 0 Å². The summed E-state index contributed by atoms with van der Waals surface area (Å²) in [6.07, 6.45) is 7.41. The highest BCUT2D eigenvalue weighted by Crippen LogP contribution is 2.28. The Morgan fingerprint density at radius 2 is 1.93 bits per heavy atom. The number of likely N-dealkylation sites (tertiary alicyclic amines) is 1. The van der Waals surface area contributed by atoms with Crippen LogP contribution in [-0.4, -0.2) is 28.5 Å². The summed E-state index contributed by atoms with van der Waals surface area (Å²) in [5.74, 6) is 0.0931. The Balaban J connectivity index is 1.94. The van der Waals surface area contributed by atoms with E-state index < -0.39 is 0 Å². The van der Waals surface area contributed by atoms with Gasteiger partial charge in [0.15, 0.2) is 0 Å². The predicted molar refractivity (Wildman–Crippen MR) is 58.5 cm³/mol. The van der Waals surface area contributed by atoms with Gasteiger partial charge in [0.05, 0.1) is 11.4 Å². The van der Waals surface area contributed by atoms with E-state index in [1.165, 1.54) is 19.3 Å². The molecule has 0 unspecified atom stereocenters. The second-order valence-corrected chi connectivity index (χ2v) is 4.18. The van der Waals surface area contributed by atoms with Crippen LogP contribution in [0, 0.1) is 0 Å². The molecule has 3 nitrogen and oxygen atoms in total. The number of rotatable bonds is 1. The molecule has 0 amide bonds. The van der Waals surface area contributed by atoms with E-state index in [0.29, 0.717) is 0 Å². The molecular formula is C12H14N2O. The summed E-state index contributed by atoms with van der Waals surface area (Å²) in [7, 11) is 0. The van der Waals surface area contributed by atoms with E-state index in [2.05, 4.69) is 4.90 Å². The summed E-state index contributed by atoms with van der Waals surface area (Å²) < 4.78 is 1.73. The molecule has 78 valence electrons. The Labute approximate surface area is 89.0 Å². The van der Waals surface area contributed by atoms with Gasteiger partial charge in [0.1, 0.15) is 0 Å². The largest absolute Gasteiger partial charge is 0.370 e. The Kier molecular flexibility index (Phi) is 1.91. The third-order valence-electron chi connectivity index (χ3n) is 3.21. The summed E-state index contributed by atoms with van der Waals surface area (Å²) in [6.45, 7) is 2.18. The molecule has 1 saturated heterocycles. The van der Waals surface area contributed by atoms with Crippen molar-refractivity contribution < 1.29 is 4.79 Å². The van der Waals surface area contributed by atoms with Crippen LogP contribution in [0.1, 0.15) is 29.8 Å². The molecular weight excluding hydrogens is 188 g/mol. The van der Waals surface area contributed by atoms with Gasteiger partial charge in [-0.05, 0) is 31.4 Å². The van der Waals surface area contributed by atoms with Gasteiger partial charge in [0.2, 0.25) is 0 Å². The van der Waals surface area contributed by atoms with Crippen molar-refractivity contribution in [3.63, 3.8) is 0 Å². The highest BCUT2D eigenvalue weighted by atomic mass is 16.2. The molecule has 1 fully saturated rings. The van der Waals surface area contributed by atoms with Crippen LogP contribution in [0.4, 0.5) is 0 Å². The molecule has 0 atom stereocenters. The summed E-state index contributed by atoms with van der Waals surface area (Å²) in [4.78, 5) is 14.0. The van der Waals surface area contributed by atoms with Gasteiger partial charge in [0.25, 0.3) is 5.91 Å². The van der Waals surface area contributed by atoms with Gasteiger partial charge in [-0.3, -0.25) is 9.36 Å². The molecule has 2 aliphatic heterocycles. The van der Waals surface area contributed by atoms with Crippen LogP contribution in [0.5, 0.6) is 0 Å². The Hall–Kier alpha value is -1.51. The minimum Gasteiger partial charge on any atom is -0.370 e. The maximum atomic E-state index is 11.6. The van der Waals surface area contributed by atoms with Crippen molar-refractivity contribution in [2.45, 2.75) is 19.3 Å². The zero-order chi connectivity index (χ0) is 10.3. The number of aromatic nitrogens is 1. The highest BCUT2D eigenvalue weighted by Gasteiger charge is 2.24. The molecule has 0 aromatic carbocycles. The van der Waals surface area contributed by atoms with E-state index in [-0.39, 0.29) is 5.91 Å². The maximum Gasteiger partial charge on any atom is 0.257 e. The second-order valence-electron chi connectivity index (χ2n) is 4.18. The van der Waals surface area contributed by atoms with E-state index in [0.717, 1.165) is 24.5 Å². The number of nitrogens with zero attached hydrogens (tertiary/aromatic N) is 2. The standard InChI is InChI=1S/C12H14N2O/c15-12-9-11(10-5-4-8-14(10)12)13-6-2-1-3-7-13/h4-5,8-9H,1-3,6-7H2. The minimum absolute atomic E-state index is 0.0931. The third kappa shape index (κ3) is 1.30. The fraction of sp³-hybridized carbons (Fsp3) is 0.417. The van der Waals surface area contributed by atoms with Crippen LogP contribution in [0.15, 0.2) is 24.4 Å². The maximum absolute atomic E-state index is 11.6. The molecule has 3 heteroatoms. The molecule has 0 bridgehead atoms. The molecule has 15 heavy (non-hydrogen) atoms. The number of piperidine rings is 1. The topological polar surface area (TPSA) is 25.2 Å². The number of hydrogen-bond acceptors (Lipinski definition) is 2. The van der Waals surface area contributed by atoms with Gasteiger partial charge in [-0.15, -0.1) is 0 Å². The molecule has 0 spiro atoms. The number of carbonyl (C=O) groups excluding carboxylic acids is 1. The molecule has 0 N–H and O–H groups in total. The molecule has 0 aliphatic carbocycles. The number of allylic oxidation sites excluding steroid dienone is 1. The van der Waals surface area contributed by atoms with Crippen LogP contribution < -0.4 is 0 Å². The highest BCUT2D eigenvalue weighted by molar-refractivity contribution is 6.02. The summed E-state index contributed by atoms with van der Waals surface area (Å²) >= 11 is 0. The smallest absolute Gasteiger partial charge is 0.257 e. The van der Waals surface area contributed by atoms with Crippen molar-refractivity contribution in [2.24, 2.45) is 0 Å². The van der Waals surface area contributed by atoms with Crippen LogP contribution in [0.25, 0.3) is 5.70 Å². The van der Waals surface area contributed by atoms with Gasteiger partial charge in [-0.25, -0.2) is 0 Å². The van der Waals surface area contributed by atoms with Crippen molar-refractivity contribution in [3.8, 4) is 0 Å². The fourth-order valence-electron chi connectivity index (χ4n) is 2.43. The zero-order valence-electron chi connectivity index (χ0n) is 8.65. The van der Waals surface area contributed by atoms with E-state index >= 15 is 0 Å². The van der Waals surface area contributed by atoms with Crippen LogP contribution in [0.3, 0.4) is 0 Å². The first-order valence-corrected chi connectivity index (χ1v) is 5.55. The Bertz CT molecular complexity index is 425. The first-order chi connectivity index (χ1) is 7.36. The number of hydrogen-bond donors (Lipinski definition) is 0. The van der Waals surface area contributed by atoms with Crippen molar-refractivity contribution in [3.05, 3.63) is 30.1 Å². The lowest BCUT2D eigenvalue weighted by atomic mass is 10.1. The lowest BCUT2D eigenvalue weighted by Crippen LogP contribution is -2.27. The zero-order valence-corrected chi connectivity index (χ0v) is 8.65. The minimum atomic E-state index is 0.0931. The van der Waals surface area contributed by atoms with Gasteiger partial charge >= 0.3 is 0 Å². The molecule has 1 aromatic rings. The molecule has 3 heterocycles. The predicted octanol–water partition coefficient (Wildman–Crippen LogP) is 1.97. The Morgan fingerprint density at radius 3 is 2.73 bits per heavy atom. The molecule has 1 aromatic heterocycles. The summed E-state index contributed by atoms with van der Waals surface area (Å²) in [5, 5.41) is 0. The van der Waals surface area contributed by atoms with Crippen LogP contribution >= 0.6 is 0 Å². The Morgan fingerprint density at radius 1 is 1.13 bits per heavy atom. The monoisotopic (exact) mass is 202 g/mol. The van der Waals surface area contributed by atoms with Crippen molar-refractivity contribution in [1.82, 2.24) is 9.47 Å². The fourth-order valence-corrected chi connectivity index (χ4v) is 2.43. The van der Waals surface area contributed by atoms with Crippen molar-refractivity contribution in [1.29, 1.82) is 0 Å². The molecule has 2 aliphatic rings. The molecule has 0 saturated carbocycles. The SMILES string of the molecule is O=C1C=C(N2CCCCC2)c2cccn21. The number of carbonyl (C=O) groups is 1. The van der Waals surface area contributed by atoms with E-state index in [4.69, 9.17) is 0 Å². The lowest BCUT2D eigenvalue weighted by molar-refractivity contribution is 0.0974. The number of fused-ring (bicyclic) bond motifs is 1. The lowest BCUT2D eigenvalue weighted by Gasteiger charge is -2.29. The quantitative estimate of drug-likeness (QED) is 0.695. The average molecular weight is 202 g/mol.